The van der Waals surface area contributed by atoms with Gasteiger partial charge in [-0.25, -0.2) is 4.99 Å². The molecule has 0 fully saturated rings. The number of fused-ring (bicyclic) bond motifs is 3. The highest BCUT2D eigenvalue weighted by Gasteiger charge is 2.58. The van der Waals surface area contributed by atoms with Gasteiger partial charge in [0.25, 0.3) is 5.91 Å². The molecule has 0 unspecified atom stereocenters. The van der Waals surface area contributed by atoms with Gasteiger partial charge >= 0.3 is 0 Å². The molecule has 2 heterocycles. The van der Waals surface area contributed by atoms with Crippen molar-refractivity contribution in [3.63, 3.8) is 0 Å². The predicted molar refractivity (Wildman–Crippen MR) is 151 cm³/mol. The van der Waals surface area contributed by atoms with E-state index in [0.717, 1.165) is 27.9 Å². The molecular formula is C33H30N2O4. The molecule has 1 N–H and O–H groups in total. The average Bonchev–Trinajstić information content (AvgIpc) is 3.37. The largest absolute Gasteiger partial charge is 0.494 e. The van der Waals surface area contributed by atoms with Crippen molar-refractivity contribution in [2.75, 3.05) is 18.1 Å². The van der Waals surface area contributed by atoms with Crippen LogP contribution in [0.1, 0.15) is 34.8 Å². The summed E-state index contributed by atoms with van der Waals surface area (Å²) >= 11 is 0. The van der Waals surface area contributed by atoms with Crippen molar-refractivity contribution in [1.29, 1.82) is 0 Å². The second kappa shape index (κ2) is 10.8. The van der Waals surface area contributed by atoms with Crippen LogP contribution in [0.15, 0.2) is 114 Å². The van der Waals surface area contributed by atoms with Gasteiger partial charge in [0.2, 0.25) is 5.90 Å². The molecular weight excluding hydrogens is 488 g/mol. The standard InChI is InChI=1S/C33H30N2O4/c36-20-9-21-38-27-18-16-26(17-19-27)31-34-33(22-24-10-3-1-4-11-24)30(39-31)28-14-7-8-15-29(28)35(32(33)37)23-25-12-5-2-6-13-25/h1-8,10-19,30,36H,9,20-23H2/t30-,33-/m0/s1. The number of amides is 1. The number of aliphatic imine (C=N–C) groups is 1. The highest BCUT2D eigenvalue weighted by Crippen LogP contribution is 2.50. The molecule has 0 saturated carbocycles. The van der Waals surface area contributed by atoms with E-state index in [9.17, 15) is 4.79 Å². The lowest BCUT2D eigenvalue weighted by molar-refractivity contribution is -0.127. The molecule has 1 amide bonds. The first-order valence-corrected chi connectivity index (χ1v) is 13.3. The van der Waals surface area contributed by atoms with Gasteiger partial charge in [-0.05, 0) is 41.5 Å². The molecule has 2 aliphatic heterocycles. The molecule has 196 valence electrons. The predicted octanol–water partition coefficient (Wildman–Crippen LogP) is 5.49. The fourth-order valence-corrected chi connectivity index (χ4v) is 5.37. The Morgan fingerprint density at radius 1 is 0.846 bits per heavy atom. The summed E-state index contributed by atoms with van der Waals surface area (Å²) in [7, 11) is 0. The van der Waals surface area contributed by atoms with Crippen molar-refractivity contribution in [2.24, 2.45) is 4.99 Å². The lowest BCUT2D eigenvalue weighted by Gasteiger charge is -2.41. The summed E-state index contributed by atoms with van der Waals surface area (Å²) in [4.78, 5) is 21.5. The minimum Gasteiger partial charge on any atom is -0.494 e. The molecule has 0 bridgehead atoms. The van der Waals surface area contributed by atoms with E-state index < -0.39 is 11.6 Å². The van der Waals surface area contributed by atoms with Crippen LogP contribution in [0, 0.1) is 0 Å². The van der Waals surface area contributed by atoms with Gasteiger partial charge in [-0.3, -0.25) is 4.79 Å². The van der Waals surface area contributed by atoms with Gasteiger partial charge in [0, 0.05) is 30.6 Å². The van der Waals surface area contributed by atoms with Crippen molar-refractivity contribution in [2.45, 2.75) is 31.0 Å². The Morgan fingerprint density at radius 2 is 1.51 bits per heavy atom. The Kier molecular flexibility index (Phi) is 6.86. The first kappa shape index (κ1) is 24.9. The van der Waals surface area contributed by atoms with E-state index in [4.69, 9.17) is 19.6 Å². The Balaban J connectivity index is 1.42. The van der Waals surface area contributed by atoms with Gasteiger partial charge in [0.15, 0.2) is 11.6 Å². The van der Waals surface area contributed by atoms with Crippen LogP contribution >= 0.6 is 0 Å². The van der Waals surface area contributed by atoms with Crippen LogP contribution in [-0.2, 0) is 22.5 Å². The van der Waals surface area contributed by atoms with Crippen LogP contribution in [-0.4, -0.2) is 35.7 Å². The van der Waals surface area contributed by atoms with Crippen LogP contribution < -0.4 is 9.64 Å². The molecule has 6 rings (SSSR count). The molecule has 0 spiro atoms. The van der Waals surface area contributed by atoms with E-state index >= 15 is 0 Å². The number of benzene rings is 4. The van der Waals surface area contributed by atoms with Crippen LogP contribution in [0.25, 0.3) is 0 Å². The highest BCUT2D eigenvalue weighted by atomic mass is 16.5. The fourth-order valence-electron chi connectivity index (χ4n) is 5.37. The molecule has 0 aromatic heterocycles. The number of anilines is 1. The van der Waals surface area contributed by atoms with E-state index in [1.807, 2.05) is 114 Å². The van der Waals surface area contributed by atoms with Crippen molar-refractivity contribution in [1.82, 2.24) is 0 Å². The molecule has 2 atom stereocenters. The van der Waals surface area contributed by atoms with Gasteiger partial charge in [0.1, 0.15) is 5.75 Å². The van der Waals surface area contributed by atoms with Crippen LogP contribution in [0.2, 0.25) is 0 Å². The minimum atomic E-state index is -1.14. The average molecular weight is 519 g/mol. The SMILES string of the molecule is O=C1N(Cc2ccccc2)c2ccccc2[C@@H]2OC(c3ccc(OCCCO)cc3)=N[C@]12Cc1ccccc1. The topological polar surface area (TPSA) is 71.4 Å². The smallest absolute Gasteiger partial charge is 0.259 e. The summed E-state index contributed by atoms with van der Waals surface area (Å²) in [6, 6.07) is 35.6. The molecule has 2 aliphatic rings. The number of para-hydroxylation sites is 1. The summed E-state index contributed by atoms with van der Waals surface area (Å²) in [5.41, 5.74) is 3.52. The molecule has 6 heteroatoms. The Labute approximate surface area is 228 Å². The third-order valence-electron chi connectivity index (χ3n) is 7.26. The van der Waals surface area contributed by atoms with E-state index in [0.29, 0.717) is 37.6 Å². The number of hydrogen-bond donors (Lipinski definition) is 1. The highest BCUT2D eigenvalue weighted by molar-refractivity contribution is 6.09. The zero-order valence-corrected chi connectivity index (χ0v) is 21.6. The summed E-state index contributed by atoms with van der Waals surface area (Å²) in [6.45, 7) is 0.979. The minimum absolute atomic E-state index is 0.0714. The normalized spacial score (nSPS) is 19.6. The van der Waals surface area contributed by atoms with Crippen molar-refractivity contribution in [3.8, 4) is 5.75 Å². The zero-order chi connectivity index (χ0) is 26.7. The number of aliphatic hydroxyl groups excluding tert-OH is 1. The monoisotopic (exact) mass is 518 g/mol. The van der Waals surface area contributed by atoms with Gasteiger partial charge < -0.3 is 19.5 Å². The molecule has 39 heavy (non-hydrogen) atoms. The second-order valence-corrected chi connectivity index (χ2v) is 9.89. The van der Waals surface area contributed by atoms with Crippen molar-refractivity contribution < 1.29 is 19.4 Å². The van der Waals surface area contributed by atoms with Gasteiger partial charge in [0.05, 0.1) is 18.8 Å². The maximum absolute atomic E-state index is 14.6. The number of hydrogen-bond acceptors (Lipinski definition) is 5. The van der Waals surface area contributed by atoms with Crippen molar-refractivity contribution >= 4 is 17.5 Å². The first-order chi connectivity index (χ1) is 19.2. The summed E-state index contributed by atoms with van der Waals surface area (Å²) < 4.78 is 12.3. The fraction of sp³-hybridized carbons (Fsp3) is 0.212. The van der Waals surface area contributed by atoms with Gasteiger partial charge in [-0.2, -0.15) is 0 Å². The number of ether oxygens (including phenoxy) is 2. The number of carbonyl (C=O) groups excluding carboxylic acids is 1. The zero-order valence-electron chi connectivity index (χ0n) is 21.6. The first-order valence-electron chi connectivity index (χ1n) is 13.3. The molecule has 4 aromatic rings. The number of nitrogens with zero attached hydrogens (tertiary/aromatic N) is 2. The van der Waals surface area contributed by atoms with Gasteiger partial charge in [-0.15, -0.1) is 0 Å². The maximum Gasteiger partial charge on any atom is 0.259 e. The van der Waals surface area contributed by atoms with E-state index in [2.05, 4.69) is 0 Å². The third-order valence-corrected chi connectivity index (χ3v) is 7.26. The third kappa shape index (κ3) is 4.79. The summed E-state index contributed by atoms with van der Waals surface area (Å²) in [5, 5.41) is 9.01. The number of rotatable bonds is 9. The van der Waals surface area contributed by atoms with Crippen LogP contribution in [0.3, 0.4) is 0 Å². The van der Waals surface area contributed by atoms with E-state index in [1.165, 1.54) is 0 Å². The molecule has 0 aliphatic carbocycles. The number of carbonyl (C=O) groups is 1. The Morgan fingerprint density at radius 3 is 2.23 bits per heavy atom. The Bertz CT molecular complexity index is 1470. The molecule has 4 aromatic carbocycles. The van der Waals surface area contributed by atoms with Crippen LogP contribution in [0.5, 0.6) is 5.75 Å². The lowest BCUT2D eigenvalue weighted by Crippen LogP contribution is -2.55. The molecule has 0 radical (unpaired) electrons. The van der Waals surface area contributed by atoms with Crippen LogP contribution in [0.4, 0.5) is 5.69 Å². The summed E-state index contributed by atoms with van der Waals surface area (Å²) in [6.07, 6.45) is 0.439. The molecule has 0 saturated heterocycles. The van der Waals surface area contributed by atoms with Crippen molar-refractivity contribution in [3.05, 3.63) is 131 Å². The second-order valence-electron chi connectivity index (χ2n) is 9.89. The molecule has 6 nitrogen and oxygen atoms in total. The Hall–Kier alpha value is -4.42. The maximum atomic E-state index is 14.6. The summed E-state index contributed by atoms with van der Waals surface area (Å²) in [5.74, 6) is 1.08. The lowest BCUT2D eigenvalue weighted by atomic mass is 9.78. The van der Waals surface area contributed by atoms with E-state index in [-0.39, 0.29) is 12.5 Å². The number of aliphatic hydroxyl groups is 1. The quantitative estimate of drug-likeness (QED) is 0.297. The van der Waals surface area contributed by atoms with Gasteiger partial charge in [-0.1, -0.05) is 78.9 Å². The van der Waals surface area contributed by atoms with E-state index in [1.54, 1.807) is 0 Å².